The van der Waals surface area contributed by atoms with Crippen LogP contribution < -0.4 is 5.32 Å². The van der Waals surface area contributed by atoms with Gasteiger partial charge in [0.1, 0.15) is 0 Å². The van der Waals surface area contributed by atoms with Gasteiger partial charge in [-0.25, -0.2) is 4.98 Å². The summed E-state index contributed by atoms with van der Waals surface area (Å²) in [4.78, 5) is 6.92. The Morgan fingerprint density at radius 2 is 2.12 bits per heavy atom. The number of thiazole rings is 1. The van der Waals surface area contributed by atoms with E-state index in [1.807, 2.05) is 11.6 Å². The number of nitrogens with zero attached hydrogens (tertiary/aromatic N) is 2. The van der Waals surface area contributed by atoms with Crippen LogP contribution in [0.25, 0.3) is 0 Å². The second-order valence-electron chi connectivity index (χ2n) is 5.05. The van der Waals surface area contributed by atoms with Gasteiger partial charge in [-0.05, 0) is 32.7 Å². The first-order valence-electron chi connectivity index (χ1n) is 6.21. The maximum atomic E-state index is 4.32. The van der Waals surface area contributed by atoms with Crippen molar-refractivity contribution in [1.29, 1.82) is 0 Å². The maximum absolute atomic E-state index is 4.32. The van der Waals surface area contributed by atoms with Crippen molar-refractivity contribution in [2.24, 2.45) is 0 Å². The summed E-state index contributed by atoms with van der Waals surface area (Å²) in [5.41, 5.74) is 0. The minimum atomic E-state index is 0.637. The monoisotopic (exact) mass is 237 g/mol. The molecule has 16 heavy (non-hydrogen) atoms. The fourth-order valence-corrected chi connectivity index (χ4v) is 3.81. The molecule has 2 unspecified atom stereocenters. The zero-order chi connectivity index (χ0) is 11.0. The van der Waals surface area contributed by atoms with Gasteiger partial charge >= 0.3 is 0 Å². The summed E-state index contributed by atoms with van der Waals surface area (Å²) in [6.07, 6.45) is 8.62. The maximum Gasteiger partial charge on any atom is 0.182 e. The summed E-state index contributed by atoms with van der Waals surface area (Å²) in [7, 11) is 2.30. The quantitative estimate of drug-likeness (QED) is 0.857. The average molecular weight is 237 g/mol. The van der Waals surface area contributed by atoms with Crippen molar-refractivity contribution in [1.82, 2.24) is 9.88 Å². The van der Waals surface area contributed by atoms with E-state index in [0.29, 0.717) is 6.04 Å². The molecule has 1 aromatic heterocycles. The van der Waals surface area contributed by atoms with Crippen LogP contribution in [0.4, 0.5) is 5.13 Å². The summed E-state index contributed by atoms with van der Waals surface area (Å²) in [6, 6.07) is 2.23. The van der Waals surface area contributed by atoms with Crippen LogP contribution in [0.5, 0.6) is 0 Å². The van der Waals surface area contributed by atoms with E-state index < -0.39 is 0 Å². The molecule has 88 valence electrons. The van der Waals surface area contributed by atoms with Gasteiger partial charge in [0, 0.05) is 29.7 Å². The van der Waals surface area contributed by atoms with Crippen molar-refractivity contribution < 1.29 is 0 Å². The lowest BCUT2D eigenvalue weighted by Crippen LogP contribution is -2.52. The summed E-state index contributed by atoms with van der Waals surface area (Å²) in [5, 5.41) is 6.72. The zero-order valence-electron chi connectivity index (χ0n) is 9.72. The first kappa shape index (κ1) is 10.5. The van der Waals surface area contributed by atoms with E-state index in [2.05, 4.69) is 22.2 Å². The van der Waals surface area contributed by atoms with E-state index in [4.69, 9.17) is 0 Å². The number of anilines is 1. The molecule has 0 amide bonds. The molecule has 0 spiro atoms. The molecule has 0 saturated carbocycles. The molecule has 4 heteroatoms. The molecule has 3 rings (SSSR count). The Hall–Kier alpha value is -0.610. The van der Waals surface area contributed by atoms with Gasteiger partial charge in [0.05, 0.1) is 0 Å². The van der Waals surface area contributed by atoms with E-state index in [0.717, 1.165) is 17.2 Å². The van der Waals surface area contributed by atoms with Crippen LogP contribution in [0.15, 0.2) is 11.6 Å². The number of piperidine rings is 2. The molecule has 1 N–H and O–H groups in total. The molecule has 2 atom stereocenters. The molecule has 0 aromatic carbocycles. The van der Waals surface area contributed by atoms with Gasteiger partial charge in [-0.3, -0.25) is 0 Å². The fourth-order valence-electron chi connectivity index (χ4n) is 3.20. The third kappa shape index (κ3) is 1.96. The van der Waals surface area contributed by atoms with E-state index in [1.165, 1.54) is 32.1 Å². The Bertz CT molecular complexity index is 324. The minimum absolute atomic E-state index is 0.637. The van der Waals surface area contributed by atoms with Crippen LogP contribution in [0.2, 0.25) is 0 Å². The van der Waals surface area contributed by atoms with Gasteiger partial charge in [-0.15, -0.1) is 11.3 Å². The normalized spacial score (nSPS) is 34.9. The summed E-state index contributed by atoms with van der Waals surface area (Å²) in [5.74, 6) is 0. The topological polar surface area (TPSA) is 28.2 Å². The van der Waals surface area contributed by atoms with Gasteiger partial charge in [-0.2, -0.15) is 0 Å². The summed E-state index contributed by atoms with van der Waals surface area (Å²) in [6.45, 7) is 0. The van der Waals surface area contributed by atoms with Gasteiger partial charge in [-0.1, -0.05) is 6.42 Å². The highest BCUT2D eigenvalue weighted by Crippen LogP contribution is 2.33. The number of rotatable bonds is 2. The largest absolute Gasteiger partial charge is 0.359 e. The lowest BCUT2D eigenvalue weighted by Gasteiger charge is -2.47. The molecule has 0 aliphatic carbocycles. The van der Waals surface area contributed by atoms with E-state index in [-0.39, 0.29) is 0 Å². The van der Waals surface area contributed by atoms with E-state index in [9.17, 15) is 0 Å². The molecule has 3 nitrogen and oxygen atoms in total. The lowest BCUT2D eigenvalue weighted by molar-refractivity contribution is 0.0608. The molecule has 0 radical (unpaired) electrons. The first-order chi connectivity index (χ1) is 7.83. The number of aromatic nitrogens is 1. The fraction of sp³-hybridized carbons (Fsp3) is 0.750. The Kier molecular flexibility index (Phi) is 2.86. The highest BCUT2D eigenvalue weighted by Gasteiger charge is 2.35. The molecule has 2 bridgehead atoms. The molecule has 2 aliphatic heterocycles. The number of hydrogen-bond donors (Lipinski definition) is 1. The molecule has 1 aromatic rings. The number of hydrogen-bond acceptors (Lipinski definition) is 4. The van der Waals surface area contributed by atoms with Crippen LogP contribution in [-0.4, -0.2) is 35.1 Å². The van der Waals surface area contributed by atoms with E-state index >= 15 is 0 Å². The van der Waals surface area contributed by atoms with Crippen molar-refractivity contribution in [2.75, 3.05) is 12.4 Å². The first-order valence-corrected chi connectivity index (χ1v) is 7.09. The number of fused-ring (bicyclic) bond motifs is 2. The Balaban J connectivity index is 1.66. The van der Waals surface area contributed by atoms with Crippen molar-refractivity contribution in [3.63, 3.8) is 0 Å². The second kappa shape index (κ2) is 4.34. The van der Waals surface area contributed by atoms with Crippen molar-refractivity contribution >= 4 is 16.5 Å². The van der Waals surface area contributed by atoms with Gasteiger partial charge in [0.15, 0.2) is 5.13 Å². The lowest BCUT2D eigenvalue weighted by atomic mass is 9.82. The third-order valence-electron chi connectivity index (χ3n) is 4.10. The second-order valence-corrected chi connectivity index (χ2v) is 5.95. The molecule has 2 saturated heterocycles. The van der Waals surface area contributed by atoms with E-state index in [1.54, 1.807) is 11.3 Å². The molecule has 2 aliphatic rings. The van der Waals surface area contributed by atoms with Crippen LogP contribution in [-0.2, 0) is 0 Å². The Morgan fingerprint density at radius 1 is 1.38 bits per heavy atom. The number of nitrogens with one attached hydrogen (secondary N) is 1. The highest BCUT2D eigenvalue weighted by molar-refractivity contribution is 7.13. The van der Waals surface area contributed by atoms with Crippen molar-refractivity contribution in [3.8, 4) is 0 Å². The molecule has 2 fully saturated rings. The summed E-state index contributed by atoms with van der Waals surface area (Å²) >= 11 is 1.71. The highest BCUT2D eigenvalue weighted by atomic mass is 32.1. The van der Waals surface area contributed by atoms with Gasteiger partial charge in [0.2, 0.25) is 0 Å². The minimum Gasteiger partial charge on any atom is -0.359 e. The summed E-state index contributed by atoms with van der Waals surface area (Å²) < 4.78 is 0. The van der Waals surface area contributed by atoms with Gasteiger partial charge in [0.25, 0.3) is 0 Å². The predicted octanol–water partition coefficient (Wildman–Crippen LogP) is 2.57. The third-order valence-corrected chi connectivity index (χ3v) is 4.80. The Labute approximate surface area is 101 Å². The van der Waals surface area contributed by atoms with Crippen LogP contribution in [0.1, 0.15) is 32.1 Å². The SMILES string of the molecule is CN1C2CCCC1CC(Nc1nccs1)C2. The zero-order valence-corrected chi connectivity index (χ0v) is 10.5. The van der Waals surface area contributed by atoms with Crippen LogP contribution >= 0.6 is 11.3 Å². The average Bonchev–Trinajstić information content (AvgIpc) is 2.72. The molecular weight excluding hydrogens is 218 g/mol. The van der Waals surface area contributed by atoms with Crippen molar-refractivity contribution in [2.45, 2.75) is 50.2 Å². The predicted molar refractivity (Wildman–Crippen MR) is 67.9 cm³/mol. The van der Waals surface area contributed by atoms with Crippen LogP contribution in [0.3, 0.4) is 0 Å². The molecule has 3 heterocycles. The van der Waals surface area contributed by atoms with Crippen molar-refractivity contribution in [3.05, 3.63) is 11.6 Å². The molecular formula is C12H19N3S. The Morgan fingerprint density at radius 3 is 2.75 bits per heavy atom. The van der Waals surface area contributed by atoms with Crippen LogP contribution in [0, 0.1) is 0 Å². The standard InChI is InChI=1S/C12H19N3S/c1-15-10-3-2-4-11(15)8-9(7-10)14-12-13-5-6-16-12/h5-6,9-11H,2-4,7-8H2,1H3,(H,13,14). The smallest absolute Gasteiger partial charge is 0.182 e. The van der Waals surface area contributed by atoms with Gasteiger partial charge < -0.3 is 10.2 Å².